The SMILES string of the molecule is N#Cc1ccc2[nH]cc(C3=C(C(=O)O)CCC3)c2c1. The largest absolute Gasteiger partial charge is 0.478 e. The molecule has 0 aliphatic heterocycles. The Bertz CT molecular complexity index is 747. The van der Waals surface area contributed by atoms with Crippen LogP contribution in [0.3, 0.4) is 0 Å². The lowest BCUT2D eigenvalue weighted by Gasteiger charge is -2.03. The van der Waals surface area contributed by atoms with E-state index >= 15 is 0 Å². The van der Waals surface area contributed by atoms with Crippen molar-refractivity contribution in [2.24, 2.45) is 0 Å². The molecule has 0 atom stereocenters. The lowest BCUT2D eigenvalue weighted by Crippen LogP contribution is -1.99. The number of aromatic nitrogens is 1. The summed E-state index contributed by atoms with van der Waals surface area (Å²) in [7, 11) is 0. The van der Waals surface area contributed by atoms with Crippen LogP contribution in [0, 0.1) is 11.3 Å². The lowest BCUT2D eigenvalue weighted by atomic mass is 10.0. The number of rotatable bonds is 2. The molecule has 4 heteroatoms. The van der Waals surface area contributed by atoms with Gasteiger partial charge in [-0.15, -0.1) is 0 Å². The maximum absolute atomic E-state index is 11.2. The van der Waals surface area contributed by atoms with E-state index < -0.39 is 5.97 Å². The molecule has 2 N–H and O–H groups in total. The molecule has 3 rings (SSSR count). The second kappa shape index (κ2) is 4.29. The molecule has 0 amide bonds. The fraction of sp³-hybridized carbons (Fsp3) is 0.200. The summed E-state index contributed by atoms with van der Waals surface area (Å²) in [6.07, 6.45) is 4.12. The third-order valence-corrected chi connectivity index (χ3v) is 3.61. The van der Waals surface area contributed by atoms with E-state index in [1.807, 2.05) is 18.3 Å². The number of allylic oxidation sites excluding steroid dienone is 1. The van der Waals surface area contributed by atoms with Crippen molar-refractivity contribution in [2.45, 2.75) is 19.3 Å². The van der Waals surface area contributed by atoms with E-state index in [0.29, 0.717) is 17.6 Å². The third kappa shape index (κ3) is 1.80. The summed E-state index contributed by atoms with van der Waals surface area (Å²) < 4.78 is 0. The number of fused-ring (bicyclic) bond motifs is 1. The van der Waals surface area contributed by atoms with Gasteiger partial charge in [0.25, 0.3) is 0 Å². The predicted octanol–water partition coefficient (Wildman–Crippen LogP) is 3.06. The number of hydrogen-bond donors (Lipinski definition) is 2. The first kappa shape index (κ1) is 11.5. The van der Waals surface area contributed by atoms with Crippen molar-refractivity contribution in [3.05, 3.63) is 41.1 Å². The van der Waals surface area contributed by atoms with Crippen LogP contribution in [0.15, 0.2) is 30.0 Å². The van der Waals surface area contributed by atoms with E-state index in [0.717, 1.165) is 34.9 Å². The van der Waals surface area contributed by atoms with Crippen LogP contribution < -0.4 is 0 Å². The van der Waals surface area contributed by atoms with E-state index in [2.05, 4.69) is 11.1 Å². The molecule has 1 aromatic heterocycles. The van der Waals surface area contributed by atoms with Gasteiger partial charge in [0.05, 0.1) is 11.6 Å². The van der Waals surface area contributed by atoms with Crippen molar-refractivity contribution < 1.29 is 9.90 Å². The number of H-pyrrole nitrogens is 1. The van der Waals surface area contributed by atoms with Crippen molar-refractivity contribution in [1.82, 2.24) is 4.98 Å². The van der Waals surface area contributed by atoms with Crippen LogP contribution in [0.1, 0.15) is 30.4 Å². The van der Waals surface area contributed by atoms with Gasteiger partial charge in [-0.2, -0.15) is 5.26 Å². The Hall–Kier alpha value is -2.54. The van der Waals surface area contributed by atoms with Crippen LogP contribution in [-0.2, 0) is 4.79 Å². The molecule has 94 valence electrons. The minimum absolute atomic E-state index is 0.503. The lowest BCUT2D eigenvalue weighted by molar-refractivity contribution is -0.132. The van der Waals surface area contributed by atoms with Crippen molar-refractivity contribution in [3.8, 4) is 6.07 Å². The van der Waals surface area contributed by atoms with Gasteiger partial charge in [0, 0.05) is 28.2 Å². The number of hydrogen-bond acceptors (Lipinski definition) is 2. The Balaban J connectivity index is 2.23. The Morgan fingerprint density at radius 1 is 1.37 bits per heavy atom. The molecule has 1 aliphatic carbocycles. The fourth-order valence-electron chi connectivity index (χ4n) is 2.72. The van der Waals surface area contributed by atoms with Gasteiger partial charge in [-0.25, -0.2) is 4.79 Å². The van der Waals surface area contributed by atoms with Crippen LogP contribution in [-0.4, -0.2) is 16.1 Å². The number of nitriles is 1. The third-order valence-electron chi connectivity index (χ3n) is 3.61. The number of nitrogens with zero attached hydrogens (tertiary/aromatic N) is 1. The zero-order chi connectivity index (χ0) is 13.4. The Kier molecular flexibility index (Phi) is 2.60. The molecule has 0 radical (unpaired) electrons. The summed E-state index contributed by atoms with van der Waals surface area (Å²) in [5.41, 5.74) is 3.83. The molecule has 1 heterocycles. The molecule has 0 saturated heterocycles. The summed E-state index contributed by atoms with van der Waals surface area (Å²) in [6, 6.07) is 7.53. The first-order valence-corrected chi connectivity index (χ1v) is 6.17. The number of benzene rings is 1. The predicted molar refractivity (Wildman–Crippen MR) is 71.4 cm³/mol. The van der Waals surface area contributed by atoms with Crippen LogP contribution in [0.5, 0.6) is 0 Å². The normalized spacial score (nSPS) is 14.9. The van der Waals surface area contributed by atoms with Gasteiger partial charge in [-0.1, -0.05) is 0 Å². The van der Waals surface area contributed by atoms with Gasteiger partial charge >= 0.3 is 5.97 Å². The first-order valence-electron chi connectivity index (χ1n) is 6.17. The molecule has 4 nitrogen and oxygen atoms in total. The number of aromatic amines is 1. The van der Waals surface area contributed by atoms with E-state index in [4.69, 9.17) is 5.26 Å². The first-order chi connectivity index (χ1) is 9.20. The van der Waals surface area contributed by atoms with Gasteiger partial charge in [0.2, 0.25) is 0 Å². The van der Waals surface area contributed by atoms with Crippen LogP contribution in [0.25, 0.3) is 16.5 Å². The van der Waals surface area contributed by atoms with Crippen LogP contribution >= 0.6 is 0 Å². The average Bonchev–Trinajstić information content (AvgIpc) is 3.03. The van der Waals surface area contributed by atoms with Gasteiger partial charge < -0.3 is 10.1 Å². The Labute approximate surface area is 110 Å². The summed E-state index contributed by atoms with van der Waals surface area (Å²) >= 11 is 0. The summed E-state index contributed by atoms with van der Waals surface area (Å²) in [4.78, 5) is 14.4. The molecule has 0 bridgehead atoms. The zero-order valence-corrected chi connectivity index (χ0v) is 10.2. The summed E-state index contributed by atoms with van der Waals surface area (Å²) in [5, 5.41) is 19.1. The van der Waals surface area contributed by atoms with Crippen molar-refractivity contribution >= 4 is 22.4 Å². The smallest absolute Gasteiger partial charge is 0.331 e. The highest BCUT2D eigenvalue weighted by Gasteiger charge is 2.23. The number of nitrogens with one attached hydrogen (secondary N) is 1. The Morgan fingerprint density at radius 3 is 2.95 bits per heavy atom. The maximum Gasteiger partial charge on any atom is 0.331 e. The molecule has 0 fully saturated rings. The minimum Gasteiger partial charge on any atom is -0.478 e. The molecule has 1 aliphatic rings. The van der Waals surface area contributed by atoms with Crippen molar-refractivity contribution in [2.75, 3.05) is 0 Å². The molecule has 0 saturated carbocycles. The van der Waals surface area contributed by atoms with E-state index in [9.17, 15) is 9.90 Å². The number of carboxylic acids is 1. The number of carbonyl (C=O) groups is 1. The van der Waals surface area contributed by atoms with Crippen molar-refractivity contribution in [3.63, 3.8) is 0 Å². The minimum atomic E-state index is -0.835. The molecule has 0 unspecified atom stereocenters. The second-order valence-electron chi connectivity index (χ2n) is 4.69. The summed E-state index contributed by atoms with van der Waals surface area (Å²) in [6.45, 7) is 0. The van der Waals surface area contributed by atoms with E-state index in [1.54, 1.807) is 6.07 Å². The second-order valence-corrected chi connectivity index (χ2v) is 4.69. The van der Waals surface area contributed by atoms with E-state index in [1.165, 1.54) is 0 Å². The average molecular weight is 252 g/mol. The van der Waals surface area contributed by atoms with Gasteiger partial charge in [-0.3, -0.25) is 0 Å². The van der Waals surface area contributed by atoms with Crippen LogP contribution in [0.2, 0.25) is 0 Å². The molecule has 0 spiro atoms. The quantitative estimate of drug-likeness (QED) is 0.862. The van der Waals surface area contributed by atoms with Gasteiger partial charge in [0.15, 0.2) is 0 Å². The van der Waals surface area contributed by atoms with Crippen LogP contribution in [0.4, 0.5) is 0 Å². The standard InChI is InChI=1S/C15H12N2O2/c16-7-9-4-5-14-12(6-9)13(8-17-14)10-2-1-3-11(10)15(18)19/h4-6,8,17H,1-3H2,(H,18,19). The van der Waals surface area contributed by atoms with Gasteiger partial charge in [0.1, 0.15) is 0 Å². The topological polar surface area (TPSA) is 76.9 Å². The highest BCUT2D eigenvalue weighted by Crippen LogP contribution is 2.37. The molecular formula is C15H12N2O2. The number of carboxylic acid groups (broad SMARTS) is 1. The van der Waals surface area contributed by atoms with Crippen molar-refractivity contribution in [1.29, 1.82) is 5.26 Å². The zero-order valence-electron chi connectivity index (χ0n) is 10.2. The monoisotopic (exact) mass is 252 g/mol. The summed E-state index contributed by atoms with van der Waals surface area (Å²) in [5.74, 6) is -0.835. The molecular weight excluding hydrogens is 240 g/mol. The molecule has 1 aromatic carbocycles. The fourth-order valence-corrected chi connectivity index (χ4v) is 2.72. The van der Waals surface area contributed by atoms with Gasteiger partial charge in [-0.05, 0) is 43.0 Å². The molecule has 19 heavy (non-hydrogen) atoms. The molecule has 2 aromatic rings. The number of aliphatic carboxylic acids is 1. The highest BCUT2D eigenvalue weighted by atomic mass is 16.4. The highest BCUT2D eigenvalue weighted by molar-refractivity contribution is 6.03. The van der Waals surface area contributed by atoms with E-state index in [-0.39, 0.29) is 0 Å². The Morgan fingerprint density at radius 2 is 2.21 bits per heavy atom. The maximum atomic E-state index is 11.2.